The number of sulfonamides is 1. The van der Waals surface area contributed by atoms with E-state index in [0.29, 0.717) is 13.2 Å². The zero-order chi connectivity index (χ0) is 15.6. The highest BCUT2D eigenvalue weighted by atomic mass is 32.2. The second kappa shape index (κ2) is 6.17. The monoisotopic (exact) mass is 316 g/mol. The Morgan fingerprint density at radius 1 is 1.57 bits per heavy atom. The van der Waals surface area contributed by atoms with Crippen LogP contribution < -0.4 is 4.72 Å². The Morgan fingerprint density at radius 3 is 2.86 bits per heavy atom. The van der Waals surface area contributed by atoms with Crippen molar-refractivity contribution in [1.82, 2.24) is 9.29 Å². The van der Waals surface area contributed by atoms with Crippen LogP contribution in [0.3, 0.4) is 0 Å². The Hall–Kier alpha value is -1.38. The van der Waals surface area contributed by atoms with E-state index in [1.54, 1.807) is 0 Å². The SMILES string of the molecule is CCC1OCCC1CNS(=O)(=O)c1cc(C(=O)O)n(C)c1. The van der Waals surface area contributed by atoms with Gasteiger partial charge in [0, 0.05) is 32.3 Å². The molecule has 0 amide bonds. The van der Waals surface area contributed by atoms with Gasteiger partial charge in [0.2, 0.25) is 10.0 Å². The molecule has 2 heterocycles. The van der Waals surface area contributed by atoms with Crippen molar-refractivity contribution in [3.8, 4) is 0 Å². The van der Waals surface area contributed by atoms with Gasteiger partial charge >= 0.3 is 5.97 Å². The fraction of sp³-hybridized carbons (Fsp3) is 0.615. The van der Waals surface area contributed by atoms with E-state index in [2.05, 4.69) is 4.72 Å². The number of hydrogen-bond acceptors (Lipinski definition) is 4. The van der Waals surface area contributed by atoms with Crippen LogP contribution in [0, 0.1) is 5.92 Å². The Kier molecular flexibility index (Phi) is 4.70. The third kappa shape index (κ3) is 3.45. The molecule has 21 heavy (non-hydrogen) atoms. The van der Waals surface area contributed by atoms with Crippen LogP contribution in [0.25, 0.3) is 0 Å². The molecule has 1 aliphatic rings. The number of carboxylic acid groups (broad SMARTS) is 1. The molecule has 8 heteroatoms. The summed E-state index contributed by atoms with van der Waals surface area (Å²) in [5.41, 5.74) is -0.0639. The summed E-state index contributed by atoms with van der Waals surface area (Å²) in [6.07, 6.45) is 3.06. The van der Waals surface area contributed by atoms with E-state index in [9.17, 15) is 13.2 Å². The van der Waals surface area contributed by atoms with Crippen LogP contribution in [0.1, 0.15) is 30.3 Å². The van der Waals surface area contributed by atoms with Crippen molar-refractivity contribution in [2.24, 2.45) is 13.0 Å². The van der Waals surface area contributed by atoms with Crippen LogP contribution in [-0.2, 0) is 21.8 Å². The van der Waals surface area contributed by atoms with Crippen molar-refractivity contribution in [2.45, 2.75) is 30.8 Å². The maximum Gasteiger partial charge on any atom is 0.352 e. The predicted octanol–water partition coefficient (Wildman–Crippen LogP) is 0.817. The van der Waals surface area contributed by atoms with E-state index < -0.39 is 16.0 Å². The summed E-state index contributed by atoms with van der Waals surface area (Å²) in [4.78, 5) is 10.9. The third-order valence-electron chi connectivity index (χ3n) is 3.79. The summed E-state index contributed by atoms with van der Waals surface area (Å²) in [5, 5.41) is 8.96. The fourth-order valence-corrected chi connectivity index (χ4v) is 3.74. The average Bonchev–Trinajstić information content (AvgIpc) is 3.02. The summed E-state index contributed by atoms with van der Waals surface area (Å²) in [6.45, 7) is 2.96. The molecular formula is C13H20N2O5S. The van der Waals surface area contributed by atoms with Gasteiger partial charge in [0.15, 0.2) is 0 Å². The highest BCUT2D eigenvalue weighted by Gasteiger charge is 2.28. The number of carbonyl (C=O) groups is 1. The number of hydrogen-bond donors (Lipinski definition) is 2. The second-order valence-electron chi connectivity index (χ2n) is 5.20. The highest BCUT2D eigenvalue weighted by Crippen LogP contribution is 2.23. The summed E-state index contributed by atoms with van der Waals surface area (Å²) < 4.78 is 33.8. The van der Waals surface area contributed by atoms with E-state index in [1.165, 1.54) is 17.8 Å². The lowest BCUT2D eigenvalue weighted by Gasteiger charge is -2.16. The van der Waals surface area contributed by atoms with Crippen LogP contribution in [0.2, 0.25) is 0 Å². The minimum Gasteiger partial charge on any atom is -0.477 e. The minimum atomic E-state index is -3.70. The summed E-state index contributed by atoms with van der Waals surface area (Å²) in [7, 11) is -2.20. The molecule has 2 rings (SSSR count). The fourth-order valence-electron chi connectivity index (χ4n) is 2.57. The maximum atomic E-state index is 12.2. The van der Waals surface area contributed by atoms with Gasteiger partial charge < -0.3 is 14.4 Å². The Morgan fingerprint density at radius 2 is 2.29 bits per heavy atom. The largest absolute Gasteiger partial charge is 0.477 e. The second-order valence-corrected chi connectivity index (χ2v) is 6.96. The molecule has 0 aromatic carbocycles. The van der Waals surface area contributed by atoms with Crippen molar-refractivity contribution in [3.05, 3.63) is 18.0 Å². The lowest BCUT2D eigenvalue weighted by atomic mass is 10.0. The first kappa shape index (κ1) is 16.0. The zero-order valence-corrected chi connectivity index (χ0v) is 12.9. The van der Waals surface area contributed by atoms with Gasteiger partial charge in [-0.1, -0.05) is 6.92 Å². The first-order valence-electron chi connectivity index (χ1n) is 6.86. The Balaban J connectivity index is 2.08. The van der Waals surface area contributed by atoms with Crippen LogP contribution in [0.5, 0.6) is 0 Å². The molecule has 0 bridgehead atoms. The molecule has 1 saturated heterocycles. The first-order valence-corrected chi connectivity index (χ1v) is 8.34. The molecule has 118 valence electrons. The topological polar surface area (TPSA) is 97.6 Å². The van der Waals surface area contributed by atoms with Gasteiger partial charge in [-0.3, -0.25) is 0 Å². The number of aromatic nitrogens is 1. The normalized spacial score (nSPS) is 22.6. The molecule has 1 aromatic rings. The molecule has 1 fully saturated rings. The van der Waals surface area contributed by atoms with E-state index in [-0.39, 0.29) is 22.6 Å². The van der Waals surface area contributed by atoms with Crippen molar-refractivity contribution in [2.75, 3.05) is 13.2 Å². The molecule has 1 aliphatic heterocycles. The summed E-state index contributed by atoms with van der Waals surface area (Å²) >= 11 is 0. The molecule has 1 aromatic heterocycles. The molecule has 0 spiro atoms. The molecule has 0 aliphatic carbocycles. The van der Waals surface area contributed by atoms with Crippen molar-refractivity contribution in [1.29, 1.82) is 0 Å². The summed E-state index contributed by atoms with van der Waals surface area (Å²) in [6, 6.07) is 1.16. The maximum absolute atomic E-state index is 12.2. The number of carboxylic acids is 1. The predicted molar refractivity (Wildman–Crippen MR) is 75.7 cm³/mol. The Bertz CT molecular complexity index is 623. The molecule has 2 unspecified atom stereocenters. The standard InChI is InChI=1S/C13H20N2O5S/c1-3-12-9(4-5-20-12)7-14-21(18,19)10-6-11(13(16)17)15(2)8-10/h6,8-9,12,14H,3-5,7H2,1-2H3,(H,16,17). The average molecular weight is 316 g/mol. The van der Waals surface area contributed by atoms with Gasteiger partial charge in [0.25, 0.3) is 0 Å². The Labute approximate surface area is 124 Å². The van der Waals surface area contributed by atoms with Gasteiger partial charge in [0.1, 0.15) is 10.6 Å². The van der Waals surface area contributed by atoms with Crippen molar-refractivity contribution in [3.63, 3.8) is 0 Å². The van der Waals surface area contributed by atoms with Gasteiger partial charge in [-0.05, 0) is 18.9 Å². The van der Waals surface area contributed by atoms with E-state index >= 15 is 0 Å². The van der Waals surface area contributed by atoms with E-state index in [1.807, 2.05) is 6.92 Å². The highest BCUT2D eigenvalue weighted by molar-refractivity contribution is 7.89. The van der Waals surface area contributed by atoms with Crippen LogP contribution in [0.4, 0.5) is 0 Å². The minimum absolute atomic E-state index is 0.0330. The zero-order valence-electron chi connectivity index (χ0n) is 12.1. The third-order valence-corrected chi connectivity index (χ3v) is 5.18. The number of nitrogens with one attached hydrogen (secondary N) is 1. The van der Waals surface area contributed by atoms with Gasteiger partial charge in [0.05, 0.1) is 6.10 Å². The van der Waals surface area contributed by atoms with Crippen LogP contribution in [0.15, 0.2) is 17.2 Å². The lowest BCUT2D eigenvalue weighted by Crippen LogP contribution is -2.32. The smallest absolute Gasteiger partial charge is 0.352 e. The van der Waals surface area contributed by atoms with Gasteiger partial charge in [-0.25, -0.2) is 17.9 Å². The molecule has 0 radical (unpaired) electrons. The number of aryl methyl sites for hydroxylation is 1. The lowest BCUT2D eigenvalue weighted by molar-refractivity contribution is 0.0686. The number of ether oxygens (including phenoxy) is 1. The van der Waals surface area contributed by atoms with Gasteiger partial charge in [-0.15, -0.1) is 0 Å². The van der Waals surface area contributed by atoms with Crippen LogP contribution in [-0.4, -0.2) is 43.3 Å². The molecule has 0 saturated carbocycles. The molecule has 2 atom stereocenters. The number of rotatable bonds is 6. The summed E-state index contributed by atoms with van der Waals surface area (Å²) in [5.74, 6) is -0.998. The van der Waals surface area contributed by atoms with Gasteiger partial charge in [-0.2, -0.15) is 0 Å². The number of aromatic carboxylic acids is 1. The van der Waals surface area contributed by atoms with E-state index in [0.717, 1.165) is 18.9 Å². The molecule has 2 N–H and O–H groups in total. The molecule has 7 nitrogen and oxygen atoms in total. The van der Waals surface area contributed by atoms with Crippen LogP contribution >= 0.6 is 0 Å². The first-order chi connectivity index (χ1) is 9.85. The quantitative estimate of drug-likeness (QED) is 0.809. The number of nitrogens with zero attached hydrogens (tertiary/aromatic N) is 1. The molecular weight excluding hydrogens is 296 g/mol. The van der Waals surface area contributed by atoms with Crippen molar-refractivity contribution >= 4 is 16.0 Å². The van der Waals surface area contributed by atoms with E-state index in [4.69, 9.17) is 9.84 Å². The van der Waals surface area contributed by atoms with Crippen molar-refractivity contribution < 1.29 is 23.1 Å².